The molecule has 0 unspecified atom stereocenters. The van der Waals surface area contributed by atoms with Gasteiger partial charge in [-0.25, -0.2) is 0 Å². The molecule has 18 heavy (non-hydrogen) atoms. The summed E-state index contributed by atoms with van der Waals surface area (Å²) in [7, 11) is 0. The summed E-state index contributed by atoms with van der Waals surface area (Å²) in [5, 5.41) is 13.2. The number of rotatable bonds is 1. The van der Waals surface area contributed by atoms with Crippen LogP contribution in [0.5, 0.6) is 0 Å². The fourth-order valence-corrected chi connectivity index (χ4v) is 3.64. The Morgan fingerprint density at radius 1 is 1.33 bits per heavy atom. The summed E-state index contributed by atoms with van der Waals surface area (Å²) in [4.78, 5) is 25.9. The van der Waals surface area contributed by atoms with Gasteiger partial charge in [0, 0.05) is 13.1 Å². The standard InChI is InChI=1S/C13H20N2O3/c16-11-9-4-3-7-15(10(9)8-14-11)12(17)13(18)5-1-2-6-13/h9-10,18H,1-8H2,(H,14,16)/t9-,10-/m1/s1. The van der Waals surface area contributed by atoms with Gasteiger partial charge in [-0.3, -0.25) is 9.59 Å². The normalized spacial score (nSPS) is 34.3. The summed E-state index contributed by atoms with van der Waals surface area (Å²) in [6.07, 6.45) is 4.69. The molecule has 5 nitrogen and oxygen atoms in total. The molecule has 2 aliphatic heterocycles. The number of fused-ring (bicyclic) bond motifs is 1. The van der Waals surface area contributed by atoms with Crippen molar-refractivity contribution >= 4 is 11.8 Å². The Balaban J connectivity index is 1.79. The van der Waals surface area contributed by atoms with E-state index in [-0.39, 0.29) is 23.8 Å². The molecule has 2 atom stereocenters. The minimum atomic E-state index is -1.16. The van der Waals surface area contributed by atoms with Crippen LogP contribution >= 0.6 is 0 Å². The number of nitrogens with one attached hydrogen (secondary N) is 1. The van der Waals surface area contributed by atoms with E-state index in [4.69, 9.17) is 0 Å². The van der Waals surface area contributed by atoms with E-state index in [1.54, 1.807) is 4.90 Å². The van der Waals surface area contributed by atoms with Gasteiger partial charge < -0.3 is 15.3 Å². The van der Waals surface area contributed by atoms with E-state index in [0.717, 1.165) is 25.7 Å². The van der Waals surface area contributed by atoms with Crippen LogP contribution < -0.4 is 5.32 Å². The maximum Gasteiger partial charge on any atom is 0.254 e. The second kappa shape index (κ2) is 4.23. The number of hydrogen-bond donors (Lipinski definition) is 2. The van der Waals surface area contributed by atoms with Crippen molar-refractivity contribution in [1.82, 2.24) is 10.2 Å². The van der Waals surface area contributed by atoms with Crippen LogP contribution in [0.3, 0.4) is 0 Å². The van der Waals surface area contributed by atoms with Crippen molar-refractivity contribution in [2.24, 2.45) is 5.92 Å². The zero-order valence-corrected chi connectivity index (χ0v) is 10.5. The number of amides is 2. The van der Waals surface area contributed by atoms with E-state index in [9.17, 15) is 14.7 Å². The van der Waals surface area contributed by atoms with E-state index >= 15 is 0 Å². The van der Waals surface area contributed by atoms with Gasteiger partial charge in [-0.05, 0) is 38.5 Å². The van der Waals surface area contributed by atoms with Crippen molar-refractivity contribution in [3.8, 4) is 0 Å². The number of likely N-dealkylation sites (tertiary alicyclic amines) is 1. The first-order chi connectivity index (χ1) is 8.62. The fraction of sp³-hybridized carbons (Fsp3) is 0.846. The van der Waals surface area contributed by atoms with E-state index in [2.05, 4.69) is 5.32 Å². The number of piperidine rings is 1. The molecule has 2 heterocycles. The van der Waals surface area contributed by atoms with Crippen molar-refractivity contribution in [3.05, 3.63) is 0 Å². The highest BCUT2D eigenvalue weighted by molar-refractivity contribution is 5.88. The molecule has 100 valence electrons. The molecule has 0 bridgehead atoms. The molecule has 0 aromatic heterocycles. The average molecular weight is 252 g/mol. The lowest BCUT2D eigenvalue weighted by molar-refractivity contribution is -0.155. The van der Waals surface area contributed by atoms with Crippen LogP contribution in [0.1, 0.15) is 38.5 Å². The van der Waals surface area contributed by atoms with Gasteiger partial charge in [0.1, 0.15) is 5.60 Å². The Bertz CT molecular complexity index is 376. The average Bonchev–Trinajstić information content (AvgIpc) is 2.97. The summed E-state index contributed by atoms with van der Waals surface area (Å²) >= 11 is 0. The molecule has 0 radical (unpaired) electrons. The third kappa shape index (κ3) is 1.72. The minimum Gasteiger partial charge on any atom is -0.380 e. The van der Waals surface area contributed by atoms with Gasteiger partial charge in [-0.1, -0.05) is 0 Å². The monoisotopic (exact) mass is 252 g/mol. The molecule has 2 N–H and O–H groups in total. The first kappa shape index (κ1) is 12.0. The van der Waals surface area contributed by atoms with Crippen LogP contribution in [-0.4, -0.2) is 46.6 Å². The Morgan fingerprint density at radius 3 is 2.78 bits per heavy atom. The lowest BCUT2D eigenvalue weighted by atomic mass is 9.89. The SMILES string of the molecule is O=C1NC[C@@H]2[C@H]1CCCN2C(=O)C1(O)CCCC1. The predicted molar refractivity (Wildman–Crippen MR) is 64.7 cm³/mol. The maximum atomic E-state index is 12.5. The molecule has 3 aliphatic rings. The maximum absolute atomic E-state index is 12.5. The Kier molecular flexibility index (Phi) is 2.81. The lowest BCUT2D eigenvalue weighted by Crippen LogP contribution is -2.56. The summed E-state index contributed by atoms with van der Waals surface area (Å²) in [6, 6.07) is -0.0385. The van der Waals surface area contributed by atoms with Gasteiger partial charge in [0.05, 0.1) is 12.0 Å². The third-order valence-electron chi connectivity index (χ3n) is 4.69. The molecule has 1 saturated carbocycles. The van der Waals surface area contributed by atoms with E-state index < -0.39 is 5.60 Å². The molecule has 5 heteroatoms. The molecule has 1 aliphatic carbocycles. The second-order valence-electron chi connectivity index (χ2n) is 5.80. The highest BCUT2D eigenvalue weighted by Crippen LogP contribution is 2.35. The molecule has 2 amide bonds. The Morgan fingerprint density at radius 2 is 2.06 bits per heavy atom. The van der Waals surface area contributed by atoms with Crippen molar-refractivity contribution in [2.45, 2.75) is 50.2 Å². The second-order valence-corrected chi connectivity index (χ2v) is 5.80. The van der Waals surface area contributed by atoms with Crippen LogP contribution in [-0.2, 0) is 9.59 Å². The van der Waals surface area contributed by atoms with Gasteiger partial charge in [-0.2, -0.15) is 0 Å². The molecule has 0 aromatic rings. The molecule has 3 fully saturated rings. The molecule has 2 saturated heterocycles. The van der Waals surface area contributed by atoms with E-state index in [1.807, 2.05) is 0 Å². The lowest BCUT2D eigenvalue weighted by Gasteiger charge is -2.39. The van der Waals surface area contributed by atoms with Crippen LogP contribution in [0.2, 0.25) is 0 Å². The van der Waals surface area contributed by atoms with Crippen LogP contribution in [0.25, 0.3) is 0 Å². The van der Waals surface area contributed by atoms with Crippen LogP contribution in [0.15, 0.2) is 0 Å². The van der Waals surface area contributed by atoms with Crippen LogP contribution in [0, 0.1) is 5.92 Å². The van der Waals surface area contributed by atoms with Crippen molar-refractivity contribution in [2.75, 3.05) is 13.1 Å². The molecular weight excluding hydrogens is 232 g/mol. The highest BCUT2D eigenvalue weighted by atomic mass is 16.3. The van der Waals surface area contributed by atoms with Gasteiger partial charge in [0.15, 0.2) is 0 Å². The number of carbonyl (C=O) groups is 2. The van der Waals surface area contributed by atoms with Crippen molar-refractivity contribution in [3.63, 3.8) is 0 Å². The van der Waals surface area contributed by atoms with Gasteiger partial charge >= 0.3 is 0 Å². The molecule has 3 rings (SSSR count). The summed E-state index contributed by atoms with van der Waals surface area (Å²) < 4.78 is 0. The quantitative estimate of drug-likeness (QED) is 0.691. The first-order valence-electron chi connectivity index (χ1n) is 6.93. The number of aliphatic hydroxyl groups is 1. The Labute approximate surface area is 107 Å². The Hall–Kier alpha value is -1.10. The van der Waals surface area contributed by atoms with Gasteiger partial charge in [0.25, 0.3) is 5.91 Å². The molecule has 0 spiro atoms. The highest BCUT2D eigenvalue weighted by Gasteiger charge is 2.48. The summed E-state index contributed by atoms with van der Waals surface area (Å²) in [6.45, 7) is 1.22. The fourth-order valence-electron chi connectivity index (χ4n) is 3.64. The van der Waals surface area contributed by atoms with E-state index in [1.165, 1.54) is 0 Å². The summed E-state index contributed by atoms with van der Waals surface area (Å²) in [5.41, 5.74) is -1.16. The third-order valence-corrected chi connectivity index (χ3v) is 4.69. The summed E-state index contributed by atoms with van der Waals surface area (Å²) in [5.74, 6) is -0.144. The van der Waals surface area contributed by atoms with E-state index in [0.29, 0.717) is 25.9 Å². The van der Waals surface area contributed by atoms with Crippen molar-refractivity contribution < 1.29 is 14.7 Å². The largest absolute Gasteiger partial charge is 0.380 e. The number of nitrogens with zero attached hydrogens (tertiary/aromatic N) is 1. The zero-order chi connectivity index (χ0) is 12.8. The topological polar surface area (TPSA) is 69.6 Å². The number of carbonyl (C=O) groups excluding carboxylic acids is 2. The minimum absolute atomic E-state index is 0.0385. The van der Waals surface area contributed by atoms with Crippen LogP contribution in [0.4, 0.5) is 0 Å². The first-order valence-corrected chi connectivity index (χ1v) is 6.93. The zero-order valence-electron chi connectivity index (χ0n) is 10.5. The predicted octanol–water partition coefficient (Wildman–Crippen LogP) is 0.0285. The smallest absolute Gasteiger partial charge is 0.254 e. The number of hydrogen-bond acceptors (Lipinski definition) is 3. The van der Waals surface area contributed by atoms with Crippen molar-refractivity contribution in [1.29, 1.82) is 0 Å². The molecule has 0 aromatic carbocycles. The van der Waals surface area contributed by atoms with Gasteiger partial charge in [0.2, 0.25) is 5.91 Å². The molecular formula is C13H20N2O3. The van der Waals surface area contributed by atoms with Gasteiger partial charge in [-0.15, -0.1) is 0 Å².